The average molecular weight is 240 g/mol. The first-order valence-corrected chi connectivity index (χ1v) is 5.12. The number of halogens is 1. The fourth-order valence-electron chi connectivity index (χ4n) is 1.60. The Balaban J connectivity index is 2.50. The van der Waals surface area contributed by atoms with E-state index < -0.39 is 0 Å². The van der Waals surface area contributed by atoms with Crippen LogP contribution in [0.25, 0.3) is 0 Å². The van der Waals surface area contributed by atoms with Crippen molar-refractivity contribution in [2.24, 2.45) is 0 Å². The highest BCUT2D eigenvalue weighted by atomic mass is 79.9. The predicted molar refractivity (Wildman–Crippen MR) is 56.3 cm³/mol. The lowest BCUT2D eigenvalue weighted by molar-refractivity contribution is 0.112. The van der Waals surface area contributed by atoms with E-state index in [1.54, 1.807) is 0 Å². The second-order valence-corrected chi connectivity index (χ2v) is 4.03. The Morgan fingerprint density at radius 3 is 3.08 bits per heavy atom. The average Bonchev–Trinajstić information content (AvgIpc) is 2.17. The number of hydrogen-bond acceptors (Lipinski definition) is 2. The van der Waals surface area contributed by atoms with Gasteiger partial charge in [0.25, 0.3) is 0 Å². The van der Waals surface area contributed by atoms with Crippen molar-refractivity contribution < 1.29 is 4.79 Å². The second-order valence-electron chi connectivity index (χ2n) is 3.18. The molecule has 0 bridgehead atoms. The highest BCUT2D eigenvalue weighted by Gasteiger charge is 2.10. The van der Waals surface area contributed by atoms with Crippen molar-refractivity contribution in [3.05, 3.63) is 27.7 Å². The lowest BCUT2D eigenvalue weighted by atomic mass is 10.0. The number of anilines is 1. The summed E-state index contributed by atoms with van der Waals surface area (Å²) in [5.74, 6) is 0. The molecule has 1 N–H and O–H groups in total. The van der Waals surface area contributed by atoms with Crippen LogP contribution in [0.3, 0.4) is 0 Å². The minimum Gasteiger partial charge on any atom is -0.385 e. The molecule has 2 nitrogen and oxygen atoms in total. The van der Waals surface area contributed by atoms with Gasteiger partial charge in [-0.1, -0.05) is 0 Å². The van der Waals surface area contributed by atoms with Crippen LogP contribution in [0.2, 0.25) is 0 Å². The summed E-state index contributed by atoms with van der Waals surface area (Å²) >= 11 is 3.36. The first kappa shape index (κ1) is 8.75. The smallest absolute Gasteiger partial charge is 0.151 e. The monoisotopic (exact) mass is 239 g/mol. The molecule has 1 heterocycles. The Kier molecular flexibility index (Phi) is 2.36. The number of nitrogens with one attached hydrogen (secondary N) is 1. The normalized spacial score (nSPS) is 14.5. The van der Waals surface area contributed by atoms with Crippen molar-refractivity contribution in [1.82, 2.24) is 0 Å². The molecule has 1 aromatic rings. The summed E-state index contributed by atoms with van der Waals surface area (Å²) in [5, 5.41) is 3.31. The fourth-order valence-corrected chi connectivity index (χ4v) is 2.04. The number of hydrogen-bond donors (Lipinski definition) is 1. The molecule has 0 radical (unpaired) electrons. The van der Waals surface area contributed by atoms with Crippen LogP contribution in [0.15, 0.2) is 16.6 Å². The lowest BCUT2D eigenvalue weighted by Gasteiger charge is -2.18. The van der Waals surface area contributed by atoms with E-state index in [9.17, 15) is 4.79 Å². The van der Waals surface area contributed by atoms with Gasteiger partial charge < -0.3 is 5.32 Å². The Morgan fingerprint density at radius 1 is 1.46 bits per heavy atom. The molecule has 1 aliphatic rings. The third kappa shape index (κ3) is 1.61. The molecule has 0 saturated carbocycles. The van der Waals surface area contributed by atoms with Crippen LogP contribution in [0.5, 0.6) is 0 Å². The van der Waals surface area contributed by atoms with Crippen molar-refractivity contribution in [1.29, 1.82) is 0 Å². The van der Waals surface area contributed by atoms with E-state index in [0.29, 0.717) is 0 Å². The van der Waals surface area contributed by atoms with E-state index in [1.807, 2.05) is 12.1 Å². The van der Waals surface area contributed by atoms with Gasteiger partial charge in [-0.2, -0.15) is 0 Å². The molecule has 3 heteroatoms. The highest BCUT2D eigenvalue weighted by Crippen LogP contribution is 2.28. The van der Waals surface area contributed by atoms with E-state index in [1.165, 1.54) is 5.56 Å². The standard InChI is InChI=1S/C10H10BrNO/c11-9-5-10-7(2-1-3-12-10)4-8(9)6-13/h4-6,12H,1-3H2. The minimum atomic E-state index is 0.738. The number of carbonyl (C=O) groups is 1. The van der Waals surface area contributed by atoms with Crippen molar-refractivity contribution in [2.75, 3.05) is 11.9 Å². The van der Waals surface area contributed by atoms with Crippen LogP contribution in [0, 0.1) is 0 Å². The summed E-state index contributed by atoms with van der Waals surface area (Å²) < 4.78 is 0.871. The molecular weight excluding hydrogens is 230 g/mol. The Bertz CT molecular complexity index is 349. The number of fused-ring (bicyclic) bond motifs is 1. The Morgan fingerprint density at radius 2 is 2.31 bits per heavy atom. The summed E-state index contributed by atoms with van der Waals surface area (Å²) in [7, 11) is 0. The molecule has 0 atom stereocenters. The number of carbonyl (C=O) groups excluding carboxylic acids is 1. The van der Waals surface area contributed by atoms with Crippen LogP contribution in [0.1, 0.15) is 22.3 Å². The molecular formula is C10H10BrNO. The zero-order chi connectivity index (χ0) is 9.26. The number of aldehydes is 1. The summed E-state index contributed by atoms with van der Waals surface area (Å²) in [4.78, 5) is 10.7. The Labute approximate surface area is 85.5 Å². The molecule has 1 aromatic carbocycles. The summed E-state index contributed by atoms with van der Waals surface area (Å²) in [6.07, 6.45) is 3.10. The summed E-state index contributed by atoms with van der Waals surface area (Å²) in [6, 6.07) is 3.94. The van der Waals surface area contributed by atoms with Crippen LogP contribution >= 0.6 is 15.9 Å². The van der Waals surface area contributed by atoms with Crippen LogP contribution in [0.4, 0.5) is 5.69 Å². The van der Waals surface area contributed by atoms with E-state index in [0.717, 1.165) is 41.4 Å². The predicted octanol–water partition coefficient (Wildman–Crippen LogP) is 2.62. The maximum absolute atomic E-state index is 10.7. The molecule has 68 valence electrons. The molecule has 2 rings (SSSR count). The number of aryl methyl sites for hydroxylation is 1. The molecule has 0 spiro atoms. The molecule has 0 saturated heterocycles. The molecule has 0 amide bonds. The fraction of sp³-hybridized carbons (Fsp3) is 0.300. The number of rotatable bonds is 1. The topological polar surface area (TPSA) is 29.1 Å². The van der Waals surface area contributed by atoms with Gasteiger partial charge in [-0.3, -0.25) is 4.79 Å². The first-order chi connectivity index (χ1) is 6.31. The summed E-state index contributed by atoms with van der Waals surface area (Å²) in [6.45, 7) is 1.03. The molecule has 0 unspecified atom stereocenters. The van der Waals surface area contributed by atoms with Crippen LogP contribution in [-0.4, -0.2) is 12.8 Å². The first-order valence-electron chi connectivity index (χ1n) is 4.33. The molecule has 13 heavy (non-hydrogen) atoms. The van der Waals surface area contributed by atoms with E-state index in [-0.39, 0.29) is 0 Å². The zero-order valence-electron chi connectivity index (χ0n) is 7.14. The second kappa shape index (κ2) is 3.50. The van der Waals surface area contributed by atoms with E-state index in [2.05, 4.69) is 21.2 Å². The van der Waals surface area contributed by atoms with Gasteiger partial charge in [0.15, 0.2) is 6.29 Å². The van der Waals surface area contributed by atoms with Gasteiger partial charge in [0, 0.05) is 22.3 Å². The van der Waals surface area contributed by atoms with Crippen molar-refractivity contribution in [3.8, 4) is 0 Å². The van der Waals surface area contributed by atoms with E-state index >= 15 is 0 Å². The number of benzene rings is 1. The van der Waals surface area contributed by atoms with Gasteiger partial charge in [0.05, 0.1) is 0 Å². The van der Waals surface area contributed by atoms with Gasteiger partial charge in [-0.15, -0.1) is 0 Å². The largest absolute Gasteiger partial charge is 0.385 e. The van der Waals surface area contributed by atoms with Crippen LogP contribution < -0.4 is 5.32 Å². The lowest BCUT2D eigenvalue weighted by Crippen LogP contribution is -2.12. The molecule has 1 aliphatic heterocycles. The maximum atomic E-state index is 10.7. The van der Waals surface area contributed by atoms with Gasteiger partial charge >= 0.3 is 0 Å². The van der Waals surface area contributed by atoms with E-state index in [4.69, 9.17) is 0 Å². The van der Waals surface area contributed by atoms with Gasteiger partial charge in [-0.05, 0) is 46.5 Å². The zero-order valence-corrected chi connectivity index (χ0v) is 8.73. The SMILES string of the molecule is O=Cc1cc2c(cc1Br)NCCC2. The Hall–Kier alpha value is -0.830. The van der Waals surface area contributed by atoms with Crippen molar-refractivity contribution in [2.45, 2.75) is 12.8 Å². The van der Waals surface area contributed by atoms with Gasteiger partial charge in [0.2, 0.25) is 0 Å². The van der Waals surface area contributed by atoms with Crippen LogP contribution in [-0.2, 0) is 6.42 Å². The third-order valence-corrected chi connectivity index (χ3v) is 2.97. The van der Waals surface area contributed by atoms with Crippen molar-refractivity contribution >= 4 is 27.9 Å². The minimum absolute atomic E-state index is 0.738. The summed E-state index contributed by atoms with van der Waals surface area (Å²) in [5.41, 5.74) is 3.14. The third-order valence-electron chi connectivity index (χ3n) is 2.29. The van der Waals surface area contributed by atoms with Crippen molar-refractivity contribution in [3.63, 3.8) is 0 Å². The maximum Gasteiger partial charge on any atom is 0.151 e. The molecule has 0 aliphatic carbocycles. The van der Waals surface area contributed by atoms with Gasteiger partial charge in [-0.25, -0.2) is 0 Å². The molecule has 0 aromatic heterocycles. The van der Waals surface area contributed by atoms with Gasteiger partial charge in [0.1, 0.15) is 0 Å². The quantitative estimate of drug-likeness (QED) is 0.764. The highest BCUT2D eigenvalue weighted by molar-refractivity contribution is 9.10. The molecule has 0 fully saturated rings.